The third kappa shape index (κ3) is 7.65. The van der Waals surface area contributed by atoms with E-state index >= 15 is 0 Å². The lowest BCUT2D eigenvalue weighted by Gasteiger charge is -2.29. The van der Waals surface area contributed by atoms with Gasteiger partial charge in [0.05, 0.1) is 11.0 Å². The average Bonchev–Trinajstić information content (AvgIpc) is 2.81. The van der Waals surface area contributed by atoms with Crippen LogP contribution in [0.25, 0.3) is 104 Å². The summed E-state index contributed by atoms with van der Waals surface area (Å²) in [6, 6.07) is 110. The largest absolute Gasteiger partial charge is 0.311 e. The van der Waals surface area contributed by atoms with Gasteiger partial charge in [-0.25, -0.2) is 0 Å². The van der Waals surface area contributed by atoms with Crippen molar-refractivity contribution in [2.45, 2.75) is 19.3 Å². The molecule has 0 bridgehead atoms. The normalized spacial score (nSPS) is 12.6. The molecule has 1 aliphatic carbocycles. The molecule has 0 N–H and O–H groups in total. The summed E-state index contributed by atoms with van der Waals surface area (Å²) in [5, 5.41) is 10.3. The Morgan fingerprint density at radius 3 is 1.30 bits per heavy atom. The molecule has 0 fully saturated rings. The zero-order valence-electron chi connectivity index (χ0n) is 45.6. The summed E-state index contributed by atoms with van der Waals surface area (Å²) < 4.78 is 2.50. The monoisotopic (exact) mass is 1050 g/mol. The Morgan fingerprint density at radius 2 is 0.695 bits per heavy atom. The van der Waals surface area contributed by atoms with Crippen molar-refractivity contribution < 1.29 is 0 Å². The standard InChI is InChI=1S/C79H55N3/c1-79(2)72-48-58(59-34-45-70-74(49-59)82(66-37-30-55(31-38-66)53-18-9-4-10-19-53)75-50-60-27-26-56-20-15-21-57-32-46-71(78(70)75)77(60)76(56)57)33-44-68(72)69-47-43-67(51-73(69)79)81(63-35-28-54(29-36-63)52-16-7-3-8-17-52)65-41-39-64(40-42-65)80(61-22-11-5-12-23-61)62-24-13-6-14-25-62/h3-51H,1-2H3. The Labute approximate surface area is 477 Å². The fourth-order valence-electron chi connectivity index (χ4n) is 13.5. The van der Waals surface area contributed by atoms with Crippen molar-refractivity contribution in [1.82, 2.24) is 4.57 Å². The quantitative estimate of drug-likeness (QED) is 0.127. The molecule has 1 aromatic heterocycles. The average molecular weight is 1050 g/mol. The van der Waals surface area contributed by atoms with Gasteiger partial charge in [0.2, 0.25) is 0 Å². The lowest BCUT2D eigenvalue weighted by Crippen LogP contribution is -2.17. The minimum Gasteiger partial charge on any atom is -0.311 e. The van der Waals surface area contributed by atoms with Crippen LogP contribution in [0.3, 0.4) is 0 Å². The van der Waals surface area contributed by atoms with Crippen LogP contribution in [0.2, 0.25) is 0 Å². The number of rotatable bonds is 10. The van der Waals surface area contributed by atoms with Crippen molar-refractivity contribution in [1.29, 1.82) is 0 Å². The molecule has 3 nitrogen and oxygen atoms in total. The first-order valence-corrected chi connectivity index (χ1v) is 28.5. The highest BCUT2D eigenvalue weighted by Crippen LogP contribution is 2.53. The number of hydrogen-bond donors (Lipinski definition) is 0. The molecule has 0 atom stereocenters. The summed E-state index contributed by atoms with van der Waals surface area (Å²) in [6.45, 7) is 4.81. The number of aromatic nitrogens is 1. The van der Waals surface area contributed by atoms with E-state index in [1.54, 1.807) is 0 Å². The predicted octanol–water partition coefficient (Wildman–Crippen LogP) is 21.9. The number of fused-ring (bicyclic) bond motifs is 7. The van der Waals surface area contributed by atoms with E-state index in [0.717, 1.165) is 39.8 Å². The van der Waals surface area contributed by atoms with Crippen molar-refractivity contribution in [3.8, 4) is 50.2 Å². The number of anilines is 6. The summed E-state index contributed by atoms with van der Waals surface area (Å²) in [7, 11) is 0. The molecule has 1 heterocycles. The molecule has 1 aliphatic rings. The van der Waals surface area contributed by atoms with Gasteiger partial charge in [-0.1, -0.05) is 208 Å². The second kappa shape index (κ2) is 18.8. The van der Waals surface area contributed by atoms with E-state index in [0.29, 0.717) is 0 Å². The molecule has 16 rings (SSSR count). The minimum atomic E-state index is -0.286. The Morgan fingerprint density at radius 1 is 0.268 bits per heavy atom. The van der Waals surface area contributed by atoms with E-state index in [1.165, 1.54) is 110 Å². The molecule has 14 aromatic carbocycles. The molecule has 0 aliphatic heterocycles. The maximum Gasteiger partial charge on any atom is 0.0553 e. The Hall–Kier alpha value is -10.5. The van der Waals surface area contributed by atoms with Gasteiger partial charge in [-0.05, 0) is 191 Å². The molecule has 15 aromatic rings. The molecule has 386 valence electrons. The molecule has 0 unspecified atom stereocenters. The van der Waals surface area contributed by atoms with E-state index in [4.69, 9.17) is 0 Å². The fourth-order valence-corrected chi connectivity index (χ4v) is 13.5. The van der Waals surface area contributed by atoms with Gasteiger partial charge in [0.15, 0.2) is 0 Å². The number of para-hydroxylation sites is 2. The Bertz CT molecular complexity index is 4840. The van der Waals surface area contributed by atoms with E-state index in [9.17, 15) is 0 Å². The van der Waals surface area contributed by atoms with Crippen LogP contribution in [0.5, 0.6) is 0 Å². The molecular weight excluding hydrogens is 991 g/mol. The van der Waals surface area contributed by atoms with Crippen LogP contribution < -0.4 is 9.80 Å². The maximum absolute atomic E-state index is 2.50. The van der Waals surface area contributed by atoms with E-state index in [1.807, 2.05) is 0 Å². The lowest BCUT2D eigenvalue weighted by molar-refractivity contribution is 0.660. The summed E-state index contributed by atoms with van der Waals surface area (Å²) in [5.41, 5.74) is 22.3. The Balaban J connectivity index is 0.804. The summed E-state index contributed by atoms with van der Waals surface area (Å²) >= 11 is 0. The zero-order valence-corrected chi connectivity index (χ0v) is 45.6. The molecule has 82 heavy (non-hydrogen) atoms. The second-order valence-electron chi connectivity index (χ2n) is 22.5. The molecular formula is C79H55N3. The van der Waals surface area contributed by atoms with Gasteiger partial charge in [-0.3, -0.25) is 0 Å². The fraction of sp³-hybridized carbons (Fsp3) is 0.0380. The SMILES string of the molecule is CC1(C)c2cc(-c3ccc4c5c6ccc7cccc8ccc(cc5n(-c5ccc(-c9ccccc9)cc5)c4c3)c6c87)ccc2-c2ccc(N(c3ccc(-c4ccccc4)cc3)c3ccc(N(c4ccccc4)c4ccccc4)cc3)cc21. The van der Waals surface area contributed by atoms with Crippen molar-refractivity contribution in [2.75, 3.05) is 9.80 Å². The zero-order chi connectivity index (χ0) is 54.5. The van der Waals surface area contributed by atoms with Crippen molar-refractivity contribution in [3.05, 3.63) is 308 Å². The van der Waals surface area contributed by atoms with Crippen LogP contribution in [0.1, 0.15) is 25.0 Å². The van der Waals surface area contributed by atoms with Crippen molar-refractivity contribution in [3.63, 3.8) is 0 Å². The van der Waals surface area contributed by atoms with Crippen molar-refractivity contribution in [2.24, 2.45) is 0 Å². The van der Waals surface area contributed by atoms with Gasteiger partial charge >= 0.3 is 0 Å². The minimum absolute atomic E-state index is 0.286. The van der Waals surface area contributed by atoms with Gasteiger partial charge in [0.1, 0.15) is 0 Å². The van der Waals surface area contributed by atoms with Gasteiger partial charge < -0.3 is 14.4 Å². The Kier molecular flexibility index (Phi) is 10.9. The number of hydrogen-bond acceptors (Lipinski definition) is 2. The first kappa shape index (κ1) is 47.5. The summed E-state index contributed by atoms with van der Waals surface area (Å²) in [4.78, 5) is 4.73. The summed E-state index contributed by atoms with van der Waals surface area (Å²) in [6.07, 6.45) is 0. The van der Waals surface area contributed by atoms with Crippen molar-refractivity contribution >= 4 is 88.2 Å². The summed E-state index contributed by atoms with van der Waals surface area (Å²) in [5.74, 6) is 0. The van der Waals surface area contributed by atoms with Crippen LogP contribution >= 0.6 is 0 Å². The maximum atomic E-state index is 2.50. The highest BCUT2D eigenvalue weighted by molar-refractivity contribution is 6.33. The topological polar surface area (TPSA) is 11.4 Å². The smallest absolute Gasteiger partial charge is 0.0553 e. The lowest BCUT2D eigenvalue weighted by atomic mass is 9.81. The van der Waals surface area contributed by atoms with Gasteiger partial charge in [-0.15, -0.1) is 0 Å². The first-order chi connectivity index (χ1) is 40.4. The van der Waals surface area contributed by atoms with Crippen LogP contribution in [0.4, 0.5) is 34.1 Å². The highest BCUT2D eigenvalue weighted by Gasteiger charge is 2.36. The van der Waals surface area contributed by atoms with Crippen LogP contribution in [0.15, 0.2) is 297 Å². The van der Waals surface area contributed by atoms with E-state index in [2.05, 4.69) is 325 Å². The van der Waals surface area contributed by atoms with Crippen LogP contribution in [-0.2, 0) is 5.41 Å². The predicted molar refractivity (Wildman–Crippen MR) is 348 cm³/mol. The molecule has 0 amide bonds. The van der Waals surface area contributed by atoms with Crippen LogP contribution in [-0.4, -0.2) is 4.57 Å². The second-order valence-corrected chi connectivity index (χ2v) is 22.5. The molecule has 0 saturated heterocycles. The van der Waals surface area contributed by atoms with Gasteiger partial charge in [0, 0.05) is 56.0 Å². The number of nitrogens with zero attached hydrogens (tertiary/aromatic N) is 3. The molecule has 0 saturated carbocycles. The number of benzene rings is 14. The third-order valence-electron chi connectivity index (χ3n) is 17.5. The molecule has 3 heteroatoms. The molecule has 0 spiro atoms. The first-order valence-electron chi connectivity index (χ1n) is 28.5. The van der Waals surface area contributed by atoms with Gasteiger partial charge in [-0.2, -0.15) is 0 Å². The van der Waals surface area contributed by atoms with Gasteiger partial charge in [0.25, 0.3) is 0 Å². The molecule has 0 radical (unpaired) electrons. The highest BCUT2D eigenvalue weighted by atomic mass is 15.2. The van der Waals surface area contributed by atoms with E-state index in [-0.39, 0.29) is 5.41 Å². The van der Waals surface area contributed by atoms with E-state index < -0.39 is 0 Å². The third-order valence-corrected chi connectivity index (χ3v) is 17.5. The van der Waals surface area contributed by atoms with Crippen LogP contribution in [0, 0.1) is 0 Å².